The van der Waals surface area contributed by atoms with Crippen LogP contribution in [0.25, 0.3) is 0 Å². The zero-order valence-electron chi connectivity index (χ0n) is 16.0. The van der Waals surface area contributed by atoms with Gasteiger partial charge in [-0.25, -0.2) is 4.98 Å². The van der Waals surface area contributed by atoms with Crippen molar-refractivity contribution >= 4 is 46.7 Å². The summed E-state index contributed by atoms with van der Waals surface area (Å²) in [6.07, 6.45) is 0. The molecule has 0 aliphatic heterocycles. The standard InChI is InChI=1S/C21H20ClN3O2S2/c1-13-3-6-17(7-4-13)28-11-16-10-19(26)25-21(23-16)29-12-20(27)24-18-8-5-15(22)9-14(18)2/h3-10H,11-12H2,1-2H3,(H,24,27)(H,23,25,26). The van der Waals surface area contributed by atoms with E-state index in [9.17, 15) is 9.59 Å². The number of halogens is 1. The number of benzene rings is 2. The molecule has 29 heavy (non-hydrogen) atoms. The van der Waals surface area contributed by atoms with Crippen LogP contribution in [0.15, 0.2) is 63.4 Å². The number of thioether (sulfide) groups is 2. The van der Waals surface area contributed by atoms with E-state index in [0.717, 1.165) is 10.5 Å². The summed E-state index contributed by atoms with van der Waals surface area (Å²) in [6.45, 7) is 3.92. The normalized spacial score (nSPS) is 10.7. The van der Waals surface area contributed by atoms with E-state index in [1.165, 1.54) is 23.4 Å². The van der Waals surface area contributed by atoms with Crippen molar-refractivity contribution in [3.8, 4) is 0 Å². The first-order chi connectivity index (χ1) is 13.9. The third-order valence-electron chi connectivity index (χ3n) is 3.98. The number of carbonyl (C=O) groups excluding carboxylic acids is 1. The quantitative estimate of drug-likeness (QED) is 0.392. The highest BCUT2D eigenvalue weighted by Crippen LogP contribution is 2.23. The minimum absolute atomic E-state index is 0.138. The molecule has 5 nitrogen and oxygen atoms in total. The van der Waals surface area contributed by atoms with Crippen LogP contribution in [0.3, 0.4) is 0 Å². The number of anilines is 1. The fourth-order valence-electron chi connectivity index (χ4n) is 2.51. The molecule has 2 aromatic carbocycles. The van der Waals surface area contributed by atoms with E-state index in [-0.39, 0.29) is 17.2 Å². The summed E-state index contributed by atoms with van der Waals surface area (Å²) < 4.78 is 0. The average Bonchev–Trinajstić information content (AvgIpc) is 2.68. The molecule has 1 aromatic heterocycles. The van der Waals surface area contributed by atoms with Gasteiger partial charge in [-0.05, 0) is 49.7 Å². The first-order valence-corrected chi connectivity index (χ1v) is 11.2. The smallest absolute Gasteiger partial charge is 0.251 e. The van der Waals surface area contributed by atoms with Gasteiger partial charge in [0, 0.05) is 27.4 Å². The first kappa shape index (κ1) is 21.5. The fraction of sp³-hybridized carbons (Fsp3) is 0.190. The van der Waals surface area contributed by atoms with Gasteiger partial charge in [-0.2, -0.15) is 0 Å². The van der Waals surface area contributed by atoms with E-state index < -0.39 is 0 Å². The van der Waals surface area contributed by atoms with Crippen molar-refractivity contribution in [1.82, 2.24) is 9.97 Å². The van der Waals surface area contributed by atoms with E-state index in [2.05, 4.69) is 27.4 Å². The Morgan fingerprint density at radius 3 is 2.59 bits per heavy atom. The Morgan fingerprint density at radius 1 is 1.10 bits per heavy atom. The van der Waals surface area contributed by atoms with Crippen molar-refractivity contribution < 1.29 is 4.79 Å². The molecule has 150 valence electrons. The Balaban J connectivity index is 1.58. The van der Waals surface area contributed by atoms with Crippen molar-refractivity contribution in [3.05, 3.63) is 80.7 Å². The van der Waals surface area contributed by atoms with Gasteiger partial charge in [0.15, 0.2) is 5.16 Å². The molecular weight excluding hydrogens is 426 g/mol. The second-order valence-corrected chi connectivity index (χ2v) is 8.89. The predicted octanol–water partition coefficient (Wildman–Crippen LogP) is 5.06. The lowest BCUT2D eigenvalue weighted by Gasteiger charge is -2.09. The van der Waals surface area contributed by atoms with Crippen molar-refractivity contribution in [1.29, 1.82) is 0 Å². The number of rotatable bonds is 7. The van der Waals surface area contributed by atoms with Crippen LogP contribution < -0.4 is 10.9 Å². The van der Waals surface area contributed by atoms with E-state index in [1.54, 1.807) is 30.0 Å². The van der Waals surface area contributed by atoms with Crippen molar-refractivity contribution in [2.45, 2.75) is 29.7 Å². The van der Waals surface area contributed by atoms with Gasteiger partial charge < -0.3 is 10.3 Å². The Morgan fingerprint density at radius 2 is 1.86 bits per heavy atom. The topological polar surface area (TPSA) is 74.8 Å². The van der Waals surface area contributed by atoms with Crippen molar-refractivity contribution in [2.75, 3.05) is 11.1 Å². The highest BCUT2D eigenvalue weighted by atomic mass is 35.5. The number of aryl methyl sites for hydroxylation is 2. The summed E-state index contributed by atoms with van der Waals surface area (Å²) in [6, 6.07) is 15.0. The van der Waals surface area contributed by atoms with Gasteiger partial charge in [0.2, 0.25) is 5.91 Å². The van der Waals surface area contributed by atoms with E-state index in [4.69, 9.17) is 11.6 Å². The molecule has 0 saturated heterocycles. The molecule has 1 amide bonds. The second kappa shape index (κ2) is 10.0. The van der Waals surface area contributed by atoms with Crippen molar-refractivity contribution in [2.24, 2.45) is 0 Å². The van der Waals surface area contributed by atoms with E-state index in [1.807, 2.05) is 26.0 Å². The Kier molecular flexibility index (Phi) is 7.41. The number of nitrogens with one attached hydrogen (secondary N) is 2. The summed E-state index contributed by atoms with van der Waals surface area (Å²) in [5, 5.41) is 3.90. The largest absolute Gasteiger partial charge is 0.325 e. The van der Waals surface area contributed by atoms with Gasteiger partial charge in [0.1, 0.15) is 0 Å². The molecule has 3 aromatic rings. The zero-order valence-corrected chi connectivity index (χ0v) is 18.4. The van der Waals surface area contributed by atoms with Crippen LogP contribution in [0.5, 0.6) is 0 Å². The fourth-order valence-corrected chi connectivity index (χ4v) is 4.22. The molecular formula is C21H20ClN3O2S2. The number of hydrogen-bond acceptors (Lipinski definition) is 5. The highest BCUT2D eigenvalue weighted by Gasteiger charge is 2.09. The summed E-state index contributed by atoms with van der Waals surface area (Å²) in [5.41, 5.74) is 3.25. The first-order valence-electron chi connectivity index (χ1n) is 8.87. The molecule has 0 bridgehead atoms. The minimum Gasteiger partial charge on any atom is -0.325 e. The summed E-state index contributed by atoms with van der Waals surface area (Å²) in [5.74, 6) is 0.540. The zero-order chi connectivity index (χ0) is 20.8. The predicted molar refractivity (Wildman–Crippen MR) is 121 cm³/mol. The number of aromatic nitrogens is 2. The molecule has 0 fully saturated rings. The summed E-state index contributed by atoms with van der Waals surface area (Å²) in [7, 11) is 0. The minimum atomic E-state index is -0.226. The number of amides is 1. The van der Waals surface area contributed by atoms with Gasteiger partial charge in [-0.1, -0.05) is 41.1 Å². The molecule has 0 atom stereocenters. The van der Waals surface area contributed by atoms with Crippen LogP contribution >= 0.6 is 35.1 Å². The molecule has 3 rings (SSSR count). The lowest BCUT2D eigenvalue weighted by Crippen LogP contribution is -2.16. The Hall–Kier alpha value is -2.22. The monoisotopic (exact) mass is 445 g/mol. The lowest BCUT2D eigenvalue weighted by molar-refractivity contribution is -0.113. The number of carbonyl (C=O) groups is 1. The van der Waals surface area contributed by atoms with Crippen LogP contribution in [0.1, 0.15) is 16.8 Å². The molecule has 0 saturated carbocycles. The van der Waals surface area contributed by atoms with Crippen molar-refractivity contribution in [3.63, 3.8) is 0 Å². The molecule has 1 heterocycles. The maximum atomic E-state index is 12.2. The van der Waals surface area contributed by atoms with Crippen LogP contribution in [0.4, 0.5) is 5.69 Å². The van der Waals surface area contributed by atoms with Crippen LogP contribution in [-0.2, 0) is 10.5 Å². The van der Waals surface area contributed by atoms with E-state index in [0.29, 0.717) is 27.3 Å². The maximum Gasteiger partial charge on any atom is 0.251 e. The number of H-pyrrole nitrogens is 1. The van der Waals surface area contributed by atoms with Crippen LogP contribution in [0.2, 0.25) is 5.02 Å². The average molecular weight is 446 g/mol. The second-order valence-electron chi connectivity index (χ2n) is 6.44. The molecule has 0 spiro atoms. The number of nitrogens with zero attached hydrogens (tertiary/aromatic N) is 1. The molecule has 0 aliphatic rings. The van der Waals surface area contributed by atoms with Gasteiger partial charge in [-0.15, -0.1) is 11.8 Å². The molecule has 2 N–H and O–H groups in total. The highest BCUT2D eigenvalue weighted by molar-refractivity contribution is 7.99. The number of hydrogen-bond donors (Lipinski definition) is 2. The van der Waals surface area contributed by atoms with Gasteiger partial charge >= 0.3 is 0 Å². The van der Waals surface area contributed by atoms with Crippen LogP contribution in [0, 0.1) is 13.8 Å². The van der Waals surface area contributed by atoms with Gasteiger partial charge in [0.25, 0.3) is 5.56 Å². The molecule has 0 radical (unpaired) electrons. The third kappa shape index (κ3) is 6.66. The van der Waals surface area contributed by atoms with Gasteiger partial charge in [0.05, 0.1) is 11.4 Å². The summed E-state index contributed by atoms with van der Waals surface area (Å²) in [4.78, 5) is 32.5. The number of aromatic amines is 1. The van der Waals surface area contributed by atoms with Gasteiger partial charge in [-0.3, -0.25) is 9.59 Å². The maximum absolute atomic E-state index is 12.2. The SMILES string of the molecule is Cc1ccc(SCc2cc(=O)[nH]c(SCC(=O)Nc3ccc(Cl)cc3C)n2)cc1. The van der Waals surface area contributed by atoms with Crippen LogP contribution in [-0.4, -0.2) is 21.6 Å². The molecule has 8 heteroatoms. The summed E-state index contributed by atoms with van der Waals surface area (Å²) >= 11 is 8.74. The van der Waals surface area contributed by atoms with E-state index >= 15 is 0 Å². The Labute approximate surface area is 182 Å². The molecule has 0 unspecified atom stereocenters. The lowest BCUT2D eigenvalue weighted by atomic mass is 10.2. The molecule has 0 aliphatic carbocycles. The Bertz CT molecular complexity index is 1070. The third-order valence-corrected chi connectivity index (χ3v) is 6.14.